The molecule has 1 N–H and O–H groups in total. The summed E-state index contributed by atoms with van der Waals surface area (Å²) in [5.74, 6) is -0.00408. The number of halogens is 1. The molecule has 2 aromatic carbocycles. The third-order valence-electron chi connectivity index (χ3n) is 3.92. The highest BCUT2D eigenvalue weighted by molar-refractivity contribution is 9.10. The topological polar surface area (TPSA) is 32.3 Å². The lowest BCUT2D eigenvalue weighted by atomic mass is 10.1. The highest BCUT2D eigenvalue weighted by Gasteiger charge is 2.10. The minimum atomic E-state index is -0.00408. The average molecular weight is 375 g/mol. The molecule has 3 nitrogen and oxygen atoms in total. The van der Waals surface area contributed by atoms with Gasteiger partial charge in [0.2, 0.25) is 5.91 Å². The Bertz CT molecular complexity index is 681. The lowest BCUT2D eigenvalue weighted by Crippen LogP contribution is -2.22. The van der Waals surface area contributed by atoms with Gasteiger partial charge in [0.15, 0.2) is 0 Å². The van der Waals surface area contributed by atoms with E-state index in [-0.39, 0.29) is 5.91 Å². The summed E-state index contributed by atoms with van der Waals surface area (Å²) < 4.78 is 0.962. The Morgan fingerprint density at radius 3 is 2.43 bits per heavy atom. The molecule has 0 bridgehead atoms. The van der Waals surface area contributed by atoms with Crippen LogP contribution in [-0.2, 0) is 11.2 Å². The number of nitrogens with zero attached hydrogens (tertiary/aromatic N) is 1. The van der Waals surface area contributed by atoms with Gasteiger partial charge in [0.05, 0.1) is 6.42 Å². The molecule has 4 heteroatoms. The predicted molar refractivity (Wildman–Crippen MR) is 101 cm³/mol. The molecule has 0 heterocycles. The van der Waals surface area contributed by atoms with Gasteiger partial charge in [-0.15, -0.1) is 0 Å². The van der Waals surface area contributed by atoms with Crippen molar-refractivity contribution < 1.29 is 4.79 Å². The summed E-state index contributed by atoms with van der Waals surface area (Å²) in [5.41, 5.74) is 4.13. The Balaban J connectivity index is 2.08. The number of nitrogens with one attached hydrogen (secondary N) is 1. The zero-order chi connectivity index (χ0) is 16.8. The van der Waals surface area contributed by atoms with E-state index in [2.05, 4.69) is 52.1 Å². The fourth-order valence-corrected chi connectivity index (χ4v) is 3.01. The normalized spacial score (nSPS) is 10.4. The summed E-state index contributed by atoms with van der Waals surface area (Å²) in [4.78, 5) is 14.6. The van der Waals surface area contributed by atoms with Crippen molar-refractivity contribution in [2.75, 3.05) is 23.3 Å². The minimum Gasteiger partial charge on any atom is -0.372 e. The van der Waals surface area contributed by atoms with E-state index in [0.29, 0.717) is 6.42 Å². The van der Waals surface area contributed by atoms with Crippen LogP contribution in [0.4, 0.5) is 11.4 Å². The van der Waals surface area contributed by atoms with Crippen molar-refractivity contribution in [1.82, 2.24) is 0 Å². The smallest absolute Gasteiger partial charge is 0.228 e. The number of carbonyl (C=O) groups excluding carboxylic acids is 1. The molecular weight excluding hydrogens is 352 g/mol. The lowest BCUT2D eigenvalue weighted by Gasteiger charge is -2.22. The number of aryl methyl sites for hydroxylation is 1. The van der Waals surface area contributed by atoms with Gasteiger partial charge in [0.1, 0.15) is 0 Å². The van der Waals surface area contributed by atoms with Crippen LogP contribution in [-0.4, -0.2) is 19.0 Å². The van der Waals surface area contributed by atoms with E-state index in [1.54, 1.807) is 0 Å². The number of rotatable bonds is 6. The third-order valence-corrected chi connectivity index (χ3v) is 4.70. The van der Waals surface area contributed by atoms with Crippen molar-refractivity contribution in [2.45, 2.75) is 27.2 Å². The molecule has 2 rings (SSSR count). The molecule has 122 valence electrons. The molecule has 0 unspecified atom stereocenters. The van der Waals surface area contributed by atoms with E-state index in [4.69, 9.17) is 0 Å². The van der Waals surface area contributed by atoms with Gasteiger partial charge in [-0.2, -0.15) is 0 Å². The standard InChI is InChI=1S/C19H23BrN2O/c1-4-22(5-2)16-10-11-18(14(3)12-16)21-19(23)13-15-8-6-7-9-17(15)20/h6-12H,4-5,13H2,1-3H3,(H,21,23). The summed E-state index contributed by atoms with van der Waals surface area (Å²) in [6.07, 6.45) is 0.360. The maximum Gasteiger partial charge on any atom is 0.228 e. The van der Waals surface area contributed by atoms with Crippen LogP contribution in [0.1, 0.15) is 25.0 Å². The van der Waals surface area contributed by atoms with Crippen molar-refractivity contribution in [2.24, 2.45) is 0 Å². The Labute approximate surface area is 146 Å². The van der Waals surface area contributed by atoms with Gasteiger partial charge in [-0.1, -0.05) is 34.1 Å². The second-order valence-corrected chi connectivity index (χ2v) is 6.34. The van der Waals surface area contributed by atoms with Gasteiger partial charge in [-0.3, -0.25) is 4.79 Å². The number of hydrogen-bond acceptors (Lipinski definition) is 2. The van der Waals surface area contributed by atoms with Crippen LogP contribution in [0, 0.1) is 6.92 Å². The molecule has 0 aliphatic rings. The molecule has 0 aliphatic carbocycles. The van der Waals surface area contributed by atoms with Crippen LogP contribution < -0.4 is 10.2 Å². The Hall–Kier alpha value is -1.81. The van der Waals surface area contributed by atoms with Crippen LogP contribution in [0.15, 0.2) is 46.9 Å². The van der Waals surface area contributed by atoms with Crippen molar-refractivity contribution in [3.63, 3.8) is 0 Å². The van der Waals surface area contributed by atoms with Crippen molar-refractivity contribution >= 4 is 33.2 Å². The van der Waals surface area contributed by atoms with E-state index in [1.807, 2.05) is 37.3 Å². The quantitative estimate of drug-likeness (QED) is 0.788. The fourth-order valence-electron chi connectivity index (χ4n) is 2.58. The van der Waals surface area contributed by atoms with Crippen LogP contribution in [0.3, 0.4) is 0 Å². The monoisotopic (exact) mass is 374 g/mol. The first-order valence-corrected chi connectivity index (χ1v) is 8.73. The number of anilines is 2. The molecule has 2 aromatic rings. The Kier molecular flexibility index (Phi) is 6.22. The maximum absolute atomic E-state index is 12.3. The maximum atomic E-state index is 12.3. The van der Waals surface area contributed by atoms with Crippen molar-refractivity contribution in [3.8, 4) is 0 Å². The summed E-state index contributed by atoms with van der Waals surface area (Å²) in [6.45, 7) is 8.27. The zero-order valence-corrected chi connectivity index (χ0v) is 15.5. The first-order chi connectivity index (χ1) is 11.0. The van der Waals surface area contributed by atoms with Gasteiger partial charge < -0.3 is 10.2 Å². The van der Waals surface area contributed by atoms with Gasteiger partial charge in [-0.05, 0) is 56.2 Å². The zero-order valence-electron chi connectivity index (χ0n) is 13.9. The van der Waals surface area contributed by atoms with Crippen molar-refractivity contribution in [3.05, 3.63) is 58.1 Å². The first-order valence-electron chi connectivity index (χ1n) is 7.94. The molecule has 0 fully saturated rings. The third kappa shape index (κ3) is 4.58. The number of hydrogen-bond donors (Lipinski definition) is 1. The van der Waals surface area contributed by atoms with E-state index >= 15 is 0 Å². The van der Waals surface area contributed by atoms with Gasteiger partial charge >= 0.3 is 0 Å². The number of amides is 1. The largest absolute Gasteiger partial charge is 0.372 e. The molecule has 0 saturated heterocycles. The van der Waals surface area contributed by atoms with E-state index in [1.165, 1.54) is 5.69 Å². The molecule has 0 aromatic heterocycles. The Morgan fingerprint density at radius 2 is 1.83 bits per heavy atom. The number of carbonyl (C=O) groups is 1. The molecule has 1 amide bonds. The van der Waals surface area contributed by atoms with Gasteiger partial charge in [0.25, 0.3) is 0 Å². The molecule has 0 spiro atoms. The fraction of sp³-hybridized carbons (Fsp3) is 0.316. The average Bonchev–Trinajstić information content (AvgIpc) is 2.53. The minimum absolute atomic E-state index is 0.00408. The molecule has 0 radical (unpaired) electrons. The number of benzene rings is 2. The van der Waals surface area contributed by atoms with E-state index in [9.17, 15) is 4.79 Å². The van der Waals surface area contributed by atoms with E-state index < -0.39 is 0 Å². The molecular formula is C19H23BrN2O. The van der Waals surface area contributed by atoms with Crippen LogP contribution in [0.25, 0.3) is 0 Å². The second kappa shape index (κ2) is 8.16. The van der Waals surface area contributed by atoms with Crippen LogP contribution in [0.5, 0.6) is 0 Å². The summed E-state index contributed by atoms with van der Waals surface area (Å²) in [6, 6.07) is 14.0. The van der Waals surface area contributed by atoms with Crippen LogP contribution in [0.2, 0.25) is 0 Å². The van der Waals surface area contributed by atoms with Crippen molar-refractivity contribution in [1.29, 1.82) is 0 Å². The van der Waals surface area contributed by atoms with Gasteiger partial charge in [0, 0.05) is 28.9 Å². The summed E-state index contributed by atoms with van der Waals surface area (Å²) >= 11 is 3.48. The molecule has 0 aliphatic heterocycles. The molecule has 0 saturated carbocycles. The lowest BCUT2D eigenvalue weighted by molar-refractivity contribution is -0.115. The summed E-state index contributed by atoms with van der Waals surface area (Å²) in [7, 11) is 0. The van der Waals surface area contributed by atoms with Gasteiger partial charge in [-0.25, -0.2) is 0 Å². The Morgan fingerprint density at radius 1 is 1.13 bits per heavy atom. The highest BCUT2D eigenvalue weighted by Crippen LogP contribution is 2.23. The second-order valence-electron chi connectivity index (χ2n) is 5.49. The summed E-state index contributed by atoms with van der Waals surface area (Å²) in [5, 5.41) is 3.01. The molecule has 23 heavy (non-hydrogen) atoms. The van der Waals surface area contributed by atoms with E-state index in [0.717, 1.165) is 34.4 Å². The van der Waals surface area contributed by atoms with Crippen LogP contribution >= 0.6 is 15.9 Å². The highest BCUT2D eigenvalue weighted by atomic mass is 79.9. The SMILES string of the molecule is CCN(CC)c1ccc(NC(=O)Cc2ccccc2Br)c(C)c1. The molecule has 0 atom stereocenters. The first kappa shape index (κ1) is 17.5. The predicted octanol–water partition coefficient (Wildman–Crippen LogP) is 4.78.